The Morgan fingerprint density at radius 1 is 1.33 bits per heavy atom. The third kappa shape index (κ3) is 5.12. The van der Waals surface area contributed by atoms with E-state index in [4.69, 9.17) is 32.7 Å². The molecule has 0 aliphatic carbocycles. The van der Waals surface area contributed by atoms with Crippen LogP contribution in [0.25, 0.3) is 0 Å². The third-order valence-corrected chi connectivity index (χ3v) is 5.65. The summed E-state index contributed by atoms with van der Waals surface area (Å²) in [5, 5.41) is 10.0. The van der Waals surface area contributed by atoms with E-state index in [9.17, 15) is 14.7 Å². The van der Waals surface area contributed by atoms with Gasteiger partial charge in [0.15, 0.2) is 0 Å². The fraction of sp³-hybridized carbons (Fsp3) is 0.409. The number of allylic oxidation sites excluding steroid dienone is 1. The number of aliphatic hydroxyl groups excluding tert-OH is 1. The molecule has 1 aromatic rings. The first kappa shape index (κ1) is 24.1. The zero-order valence-corrected chi connectivity index (χ0v) is 18.7. The fourth-order valence-corrected chi connectivity index (χ4v) is 3.92. The lowest BCUT2D eigenvalue weighted by Crippen LogP contribution is -2.37. The number of aliphatic imine (C=N–C) groups is 1. The molecule has 162 valence electrons. The number of hydrogen-bond acceptors (Lipinski definition) is 6. The topological polar surface area (TPSA) is 85.2 Å². The van der Waals surface area contributed by atoms with Gasteiger partial charge >= 0.3 is 11.9 Å². The molecule has 0 saturated heterocycles. The van der Waals surface area contributed by atoms with E-state index in [2.05, 4.69) is 11.6 Å². The number of benzene rings is 1. The summed E-state index contributed by atoms with van der Waals surface area (Å²) in [4.78, 5) is 30.4. The van der Waals surface area contributed by atoms with Crippen LogP contribution < -0.4 is 0 Å². The minimum atomic E-state index is -0.876. The Kier molecular flexibility index (Phi) is 8.65. The van der Waals surface area contributed by atoms with Crippen LogP contribution in [-0.4, -0.2) is 42.1 Å². The molecule has 0 aromatic heterocycles. The molecule has 0 fully saturated rings. The molecule has 1 heterocycles. The molecule has 3 atom stereocenters. The van der Waals surface area contributed by atoms with Gasteiger partial charge in [0.2, 0.25) is 0 Å². The summed E-state index contributed by atoms with van der Waals surface area (Å²) in [6, 6.07) is 5.02. The van der Waals surface area contributed by atoms with Crippen LogP contribution in [0.3, 0.4) is 0 Å². The van der Waals surface area contributed by atoms with Gasteiger partial charge in [-0.15, -0.1) is 6.58 Å². The molecule has 0 radical (unpaired) electrons. The molecular weight excluding hydrogens is 429 g/mol. The van der Waals surface area contributed by atoms with Gasteiger partial charge in [0.1, 0.15) is 12.0 Å². The SMILES string of the molecule is C=CCC(CO)OC(=O)C1=C(C)N=C(C)C(C(=O)OCC)C1c1cccc(Cl)c1Cl. The molecule has 3 unspecified atom stereocenters. The van der Waals surface area contributed by atoms with Gasteiger partial charge in [0.25, 0.3) is 0 Å². The molecule has 30 heavy (non-hydrogen) atoms. The van der Waals surface area contributed by atoms with Crippen LogP contribution in [0, 0.1) is 5.92 Å². The van der Waals surface area contributed by atoms with E-state index in [0.717, 1.165) is 0 Å². The highest BCUT2D eigenvalue weighted by Gasteiger charge is 2.43. The van der Waals surface area contributed by atoms with Crippen molar-refractivity contribution in [3.05, 3.63) is 57.7 Å². The van der Waals surface area contributed by atoms with Gasteiger partial charge in [0, 0.05) is 23.7 Å². The molecule has 8 heteroatoms. The molecule has 1 aliphatic rings. The second kappa shape index (κ2) is 10.8. The Morgan fingerprint density at radius 2 is 2.03 bits per heavy atom. The van der Waals surface area contributed by atoms with Gasteiger partial charge in [-0.25, -0.2) is 4.79 Å². The number of ether oxygens (including phenoxy) is 2. The summed E-state index contributed by atoms with van der Waals surface area (Å²) < 4.78 is 10.7. The van der Waals surface area contributed by atoms with Crippen molar-refractivity contribution in [2.45, 2.75) is 39.2 Å². The van der Waals surface area contributed by atoms with Crippen LogP contribution in [0.1, 0.15) is 38.7 Å². The van der Waals surface area contributed by atoms with Crippen molar-refractivity contribution in [3.63, 3.8) is 0 Å². The van der Waals surface area contributed by atoms with Crippen LogP contribution >= 0.6 is 23.2 Å². The maximum Gasteiger partial charge on any atom is 0.336 e. The lowest BCUT2D eigenvalue weighted by Gasteiger charge is -2.32. The molecule has 2 rings (SSSR count). The standard InChI is InChI=1S/C22H25Cl2NO5/c1-5-8-14(11-26)30-22(28)18-13(4)25-12(3)17(21(27)29-6-2)19(18)15-9-7-10-16(23)20(15)24/h5,7,9-10,14,17,19,26H,1,6,8,11H2,2-4H3. The zero-order chi connectivity index (χ0) is 22.4. The highest BCUT2D eigenvalue weighted by molar-refractivity contribution is 6.42. The van der Waals surface area contributed by atoms with Gasteiger partial charge in [0.05, 0.1) is 28.8 Å². The van der Waals surface area contributed by atoms with Crippen molar-refractivity contribution in [2.75, 3.05) is 13.2 Å². The molecular formula is C22H25Cl2NO5. The summed E-state index contributed by atoms with van der Waals surface area (Å²) in [5.41, 5.74) is 1.56. The summed E-state index contributed by atoms with van der Waals surface area (Å²) in [7, 11) is 0. The number of halogens is 2. The smallest absolute Gasteiger partial charge is 0.336 e. The third-order valence-electron chi connectivity index (χ3n) is 4.81. The Balaban J connectivity index is 2.63. The lowest BCUT2D eigenvalue weighted by molar-refractivity contribution is -0.148. The van der Waals surface area contributed by atoms with E-state index in [-0.39, 0.29) is 30.2 Å². The van der Waals surface area contributed by atoms with Gasteiger partial charge in [-0.05, 0) is 32.4 Å². The molecule has 0 amide bonds. The van der Waals surface area contributed by atoms with Crippen molar-refractivity contribution in [1.82, 2.24) is 0 Å². The van der Waals surface area contributed by atoms with E-state index >= 15 is 0 Å². The summed E-state index contributed by atoms with van der Waals surface area (Å²) in [6.07, 6.45) is 1.06. The monoisotopic (exact) mass is 453 g/mol. The van der Waals surface area contributed by atoms with Crippen LogP contribution in [0.4, 0.5) is 0 Å². The number of aliphatic hydroxyl groups is 1. The van der Waals surface area contributed by atoms with E-state index in [1.165, 1.54) is 0 Å². The van der Waals surface area contributed by atoms with E-state index in [1.54, 1.807) is 45.0 Å². The lowest BCUT2D eigenvalue weighted by atomic mass is 9.75. The van der Waals surface area contributed by atoms with E-state index < -0.39 is 29.9 Å². The largest absolute Gasteiger partial charge is 0.465 e. The normalized spacial score (nSPS) is 19.7. The summed E-state index contributed by atoms with van der Waals surface area (Å²) in [6.45, 7) is 8.47. The van der Waals surface area contributed by atoms with Crippen LogP contribution in [0.5, 0.6) is 0 Å². The minimum absolute atomic E-state index is 0.172. The van der Waals surface area contributed by atoms with Gasteiger partial charge in [-0.1, -0.05) is 41.4 Å². The van der Waals surface area contributed by atoms with Gasteiger partial charge in [-0.3, -0.25) is 9.79 Å². The number of esters is 2. The number of nitrogens with zero attached hydrogens (tertiary/aromatic N) is 1. The van der Waals surface area contributed by atoms with Gasteiger partial charge < -0.3 is 14.6 Å². The zero-order valence-electron chi connectivity index (χ0n) is 17.2. The summed E-state index contributed by atoms with van der Waals surface area (Å²) >= 11 is 12.7. The highest BCUT2D eigenvalue weighted by Crippen LogP contribution is 2.44. The van der Waals surface area contributed by atoms with Crippen molar-refractivity contribution in [2.24, 2.45) is 10.9 Å². The van der Waals surface area contributed by atoms with Crippen molar-refractivity contribution in [1.29, 1.82) is 0 Å². The summed E-state index contributed by atoms with van der Waals surface area (Å²) in [5.74, 6) is -2.90. The molecule has 0 saturated carbocycles. The molecule has 6 nitrogen and oxygen atoms in total. The molecule has 1 aliphatic heterocycles. The van der Waals surface area contributed by atoms with Gasteiger partial charge in [-0.2, -0.15) is 0 Å². The number of carbonyl (C=O) groups is 2. The molecule has 1 aromatic carbocycles. The Hall–Kier alpha value is -2.15. The van der Waals surface area contributed by atoms with Crippen LogP contribution in [0.15, 0.2) is 47.1 Å². The van der Waals surface area contributed by atoms with E-state index in [1.807, 2.05) is 0 Å². The Bertz CT molecular complexity index is 894. The Labute approximate surface area is 186 Å². The Morgan fingerprint density at radius 3 is 2.63 bits per heavy atom. The first-order chi connectivity index (χ1) is 14.3. The molecule has 0 bridgehead atoms. The first-order valence-corrected chi connectivity index (χ1v) is 10.3. The average Bonchev–Trinajstić information content (AvgIpc) is 2.69. The quantitative estimate of drug-likeness (QED) is 0.462. The second-order valence-electron chi connectivity index (χ2n) is 6.84. The fourth-order valence-electron chi connectivity index (χ4n) is 3.50. The van der Waals surface area contributed by atoms with E-state index in [0.29, 0.717) is 22.0 Å². The van der Waals surface area contributed by atoms with Crippen molar-refractivity contribution >= 4 is 40.9 Å². The predicted molar refractivity (Wildman–Crippen MR) is 117 cm³/mol. The molecule has 0 spiro atoms. The maximum absolute atomic E-state index is 13.1. The van der Waals surface area contributed by atoms with Crippen LogP contribution in [0.2, 0.25) is 10.0 Å². The van der Waals surface area contributed by atoms with Crippen molar-refractivity contribution < 1.29 is 24.2 Å². The second-order valence-corrected chi connectivity index (χ2v) is 7.62. The highest BCUT2D eigenvalue weighted by atomic mass is 35.5. The van der Waals surface area contributed by atoms with Crippen molar-refractivity contribution in [3.8, 4) is 0 Å². The minimum Gasteiger partial charge on any atom is -0.465 e. The predicted octanol–water partition coefficient (Wildman–Crippen LogP) is 4.49. The first-order valence-electron chi connectivity index (χ1n) is 9.55. The molecule has 1 N–H and O–H groups in total. The average molecular weight is 454 g/mol. The number of carbonyl (C=O) groups excluding carboxylic acids is 2. The number of rotatable bonds is 8. The maximum atomic E-state index is 13.1. The number of hydrogen-bond donors (Lipinski definition) is 1. The van der Waals surface area contributed by atoms with Crippen LogP contribution in [-0.2, 0) is 19.1 Å².